The van der Waals surface area contributed by atoms with Gasteiger partial charge in [-0.05, 0) is 42.8 Å². The molecule has 8 heteroatoms. The number of hydrogen-bond donors (Lipinski definition) is 3. The normalized spacial score (nSPS) is 14.2. The van der Waals surface area contributed by atoms with E-state index in [1.807, 2.05) is 36.4 Å². The Labute approximate surface area is 193 Å². The molecule has 0 radical (unpaired) electrons. The maximum atomic E-state index is 12.6. The summed E-state index contributed by atoms with van der Waals surface area (Å²) in [4.78, 5) is 38.2. The number of carboxylic acids is 1. The first-order valence-electron chi connectivity index (χ1n) is 11.1. The largest absolute Gasteiger partial charge is 0.481 e. The quantitative estimate of drug-likeness (QED) is 0.511. The van der Waals surface area contributed by atoms with Gasteiger partial charge in [0.25, 0.3) is 0 Å². The lowest BCUT2D eigenvalue weighted by Crippen LogP contribution is -2.52. The zero-order valence-electron chi connectivity index (χ0n) is 19.2. The van der Waals surface area contributed by atoms with Crippen molar-refractivity contribution in [2.45, 2.75) is 25.3 Å². The molecule has 33 heavy (non-hydrogen) atoms. The lowest BCUT2D eigenvalue weighted by Gasteiger charge is -2.23. The van der Waals surface area contributed by atoms with Crippen molar-refractivity contribution in [1.82, 2.24) is 15.5 Å². The van der Waals surface area contributed by atoms with Crippen molar-refractivity contribution < 1.29 is 24.2 Å². The molecule has 8 nitrogen and oxygen atoms in total. The van der Waals surface area contributed by atoms with Crippen LogP contribution < -0.4 is 10.6 Å². The van der Waals surface area contributed by atoms with E-state index in [-0.39, 0.29) is 25.6 Å². The van der Waals surface area contributed by atoms with Crippen LogP contribution >= 0.6 is 0 Å². The molecule has 0 saturated carbocycles. The number of ether oxygens (including phenoxy) is 1. The molecule has 1 unspecified atom stereocenters. The second-order valence-corrected chi connectivity index (χ2v) is 8.47. The second-order valence-electron chi connectivity index (χ2n) is 8.47. The minimum absolute atomic E-state index is 0.000957. The summed E-state index contributed by atoms with van der Waals surface area (Å²) < 4.78 is 5.54. The standard InChI is InChI=1S/C25H31N3O5/c1-4-16(24(30)31)13-26-23(29)22(14-28(2)3)27-25(32)33-15-21-19-11-7-5-9-17(19)18-10-6-8-12-20(18)21/h5-12,16,21-22H,4,13-15H2,1-3H3,(H,26,29)(H,27,32)(H,30,31)/t16?,22-/m0/s1. The highest BCUT2D eigenvalue weighted by Gasteiger charge is 2.30. The Balaban J connectivity index is 1.63. The van der Waals surface area contributed by atoms with Gasteiger partial charge in [0.1, 0.15) is 12.6 Å². The first-order chi connectivity index (χ1) is 15.8. The number of benzene rings is 2. The van der Waals surface area contributed by atoms with Gasteiger partial charge >= 0.3 is 12.1 Å². The summed E-state index contributed by atoms with van der Waals surface area (Å²) in [5, 5.41) is 14.4. The van der Waals surface area contributed by atoms with Crippen LogP contribution in [0.1, 0.15) is 30.4 Å². The summed E-state index contributed by atoms with van der Waals surface area (Å²) in [5.41, 5.74) is 4.48. The third-order valence-electron chi connectivity index (χ3n) is 5.86. The molecular formula is C25H31N3O5. The van der Waals surface area contributed by atoms with Crippen LogP contribution in [0.2, 0.25) is 0 Å². The van der Waals surface area contributed by atoms with Gasteiger partial charge in [0.2, 0.25) is 5.91 Å². The van der Waals surface area contributed by atoms with Crippen LogP contribution in [0.3, 0.4) is 0 Å². The van der Waals surface area contributed by atoms with E-state index in [0.29, 0.717) is 6.42 Å². The summed E-state index contributed by atoms with van der Waals surface area (Å²) >= 11 is 0. The van der Waals surface area contributed by atoms with Crippen LogP contribution in [0, 0.1) is 5.92 Å². The molecule has 176 valence electrons. The van der Waals surface area contributed by atoms with Crippen LogP contribution in [-0.2, 0) is 14.3 Å². The van der Waals surface area contributed by atoms with E-state index in [4.69, 9.17) is 4.74 Å². The van der Waals surface area contributed by atoms with Gasteiger partial charge in [0, 0.05) is 19.0 Å². The molecule has 2 amide bonds. The number of carbonyl (C=O) groups is 3. The van der Waals surface area contributed by atoms with Crippen molar-refractivity contribution in [2.24, 2.45) is 5.92 Å². The number of nitrogens with zero attached hydrogens (tertiary/aromatic N) is 1. The highest BCUT2D eigenvalue weighted by Crippen LogP contribution is 2.44. The molecule has 0 aliphatic heterocycles. The minimum Gasteiger partial charge on any atom is -0.481 e. The Morgan fingerprint density at radius 1 is 1.03 bits per heavy atom. The van der Waals surface area contributed by atoms with E-state index in [1.165, 1.54) is 0 Å². The Bertz CT molecular complexity index is 962. The van der Waals surface area contributed by atoms with E-state index in [0.717, 1.165) is 22.3 Å². The average Bonchev–Trinajstić information content (AvgIpc) is 3.11. The predicted molar refractivity (Wildman–Crippen MR) is 125 cm³/mol. The molecule has 2 atom stereocenters. The topological polar surface area (TPSA) is 108 Å². The van der Waals surface area contributed by atoms with E-state index in [9.17, 15) is 19.5 Å². The van der Waals surface area contributed by atoms with Gasteiger partial charge < -0.3 is 25.4 Å². The number of amides is 2. The fourth-order valence-corrected chi connectivity index (χ4v) is 4.09. The summed E-state index contributed by atoms with van der Waals surface area (Å²) in [6.07, 6.45) is -0.294. The van der Waals surface area contributed by atoms with Gasteiger partial charge in [-0.2, -0.15) is 0 Å². The maximum absolute atomic E-state index is 12.6. The van der Waals surface area contributed by atoms with Crippen molar-refractivity contribution in [3.8, 4) is 11.1 Å². The third-order valence-corrected chi connectivity index (χ3v) is 5.86. The number of hydrogen-bond acceptors (Lipinski definition) is 5. The molecule has 0 saturated heterocycles. The van der Waals surface area contributed by atoms with E-state index in [2.05, 4.69) is 22.8 Å². The Morgan fingerprint density at radius 3 is 2.12 bits per heavy atom. The van der Waals surface area contributed by atoms with Gasteiger partial charge in [0.15, 0.2) is 0 Å². The molecule has 3 N–H and O–H groups in total. The predicted octanol–water partition coefficient (Wildman–Crippen LogP) is 2.68. The lowest BCUT2D eigenvalue weighted by atomic mass is 9.98. The second kappa shape index (κ2) is 11.0. The Hall–Kier alpha value is -3.39. The number of carboxylic acid groups (broad SMARTS) is 1. The molecule has 0 spiro atoms. The smallest absolute Gasteiger partial charge is 0.407 e. The Morgan fingerprint density at radius 2 is 1.61 bits per heavy atom. The van der Waals surface area contributed by atoms with Crippen LogP contribution in [-0.4, -0.2) is 67.8 Å². The van der Waals surface area contributed by atoms with E-state index in [1.54, 1.807) is 25.9 Å². The first-order valence-corrected chi connectivity index (χ1v) is 11.1. The minimum atomic E-state index is -0.966. The maximum Gasteiger partial charge on any atom is 0.407 e. The molecule has 0 bridgehead atoms. The molecule has 0 fully saturated rings. The molecular weight excluding hydrogens is 422 g/mol. The van der Waals surface area contributed by atoms with Gasteiger partial charge in [0.05, 0.1) is 5.92 Å². The number of rotatable bonds is 10. The highest BCUT2D eigenvalue weighted by molar-refractivity contribution is 5.86. The summed E-state index contributed by atoms with van der Waals surface area (Å²) in [6.45, 7) is 2.14. The van der Waals surface area contributed by atoms with Crippen LogP contribution in [0.5, 0.6) is 0 Å². The molecule has 1 aliphatic rings. The van der Waals surface area contributed by atoms with Gasteiger partial charge in [-0.25, -0.2) is 4.79 Å². The molecule has 2 aromatic carbocycles. The fourth-order valence-electron chi connectivity index (χ4n) is 4.09. The van der Waals surface area contributed by atoms with Crippen LogP contribution in [0.15, 0.2) is 48.5 Å². The van der Waals surface area contributed by atoms with Gasteiger partial charge in [-0.1, -0.05) is 55.5 Å². The van der Waals surface area contributed by atoms with Crippen molar-refractivity contribution >= 4 is 18.0 Å². The number of carbonyl (C=O) groups excluding carboxylic acids is 2. The monoisotopic (exact) mass is 453 g/mol. The highest BCUT2D eigenvalue weighted by atomic mass is 16.5. The van der Waals surface area contributed by atoms with Crippen LogP contribution in [0.25, 0.3) is 11.1 Å². The van der Waals surface area contributed by atoms with E-state index >= 15 is 0 Å². The number of aliphatic carboxylic acids is 1. The third kappa shape index (κ3) is 5.90. The molecule has 3 rings (SSSR count). The number of nitrogens with one attached hydrogen (secondary N) is 2. The van der Waals surface area contributed by atoms with Gasteiger partial charge in [-0.15, -0.1) is 0 Å². The zero-order chi connectivity index (χ0) is 24.0. The van der Waals surface area contributed by atoms with Crippen molar-refractivity contribution in [1.29, 1.82) is 0 Å². The van der Waals surface area contributed by atoms with Crippen molar-refractivity contribution in [3.05, 3.63) is 59.7 Å². The summed E-state index contributed by atoms with van der Waals surface area (Å²) in [6, 6.07) is 15.2. The molecule has 1 aliphatic carbocycles. The molecule has 0 aromatic heterocycles. The number of likely N-dealkylation sites (N-methyl/N-ethyl adjacent to an activating group) is 1. The van der Waals surface area contributed by atoms with Crippen molar-refractivity contribution in [3.63, 3.8) is 0 Å². The number of fused-ring (bicyclic) bond motifs is 3. The summed E-state index contributed by atoms with van der Waals surface area (Å²) in [5.74, 6) is -2.17. The van der Waals surface area contributed by atoms with Crippen LogP contribution in [0.4, 0.5) is 4.79 Å². The van der Waals surface area contributed by atoms with Crippen molar-refractivity contribution in [2.75, 3.05) is 33.8 Å². The lowest BCUT2D eigenvalue weighted by molar-refractivity contribution is -0.141. The number of alkyl carbamates (subject to hydrolysis) is 1. The van der Waals surface area contributed by atoms with E-state index < -0.39 is 29.9 Å². The zero-order valence-corrected chi connectivity index (χ0v) is 19.2. The Kier molecular flexibility index (Phi) is 8.06. The fraction of sp³-hybridized carbons (Fsp3) is 0.400. The summed E-state index contributed by atoms with van der Waals surface area (Å²) in [7, 11) is 3.57. The molecule has 0 heterocycles. The first kappa shape index (κ1) is 24.3. The SMILES string of the molecule is CCC(CNC(=O)[C@H](CN(C)C)NC(=O)OCC1c2ccccc2-c2ccccc21)C(=O)O. The van der Waals surface area contributed by atoms with Gasteiger partial charge in [-0.3, -0.25) is 9.59 Å². The molecule has 2 aromatic rings. The average molecular weight is 454 g/mol.